The van der Waals surface area contributed by atoms with Crippen LogP contribution in [0, 0.1) is 12.7 Å². The smallest absolute Gasteiger partial charge is 0.267 e. The summed E-state index contributed by atoms with van der Waals surface area (Å²) in [4.78, 5) is 16.7. The van der Waals surface area contributed by atoms with E-state index in [1.165, 1.54) is 24.3 Å². The fourth-order valence-corrected chi connectivity index (χ4v) is 2.24. The van der Waals surface area contributed by atoms with Gasteiger partial charge in [0.1, 0.15) is 17.1 Å². The first kappa shape index (κ1) is 16.0. The molecular weight excluding hydrogens is 311 g/mol. The van der Waals surface area contributed by atoms with Crippen molar-refractivity contribution in [2.24, 2.45) is 0 Å². The van der Waals surface area contributed by atoms with Gasteiger partial charge >= 0.3 is 0 Å². The predicted octanol–water partition coefficient (Wildman–Crippen LogP) is 4.07. The first-order valence-electron chi connectivity index (χ1n) is 7.47. The average molecular weight is 328 g/mol. The number of ether oxygens (including phenoxy) is 1. The Kier molecular flexibility index (Phi) is 3.97. The van der Waals surface area contributed by atoms with Crippen molar-refractivity contribution < 1.29 is 18.3 Å². The van der Waals surface area contributed by atoms with Gasteiger partial charge in [0.2, 0.25) is 0 Å². The van der Waals surface area contributed by atoms with Crippen molar-refractivity contribution in [1.82, 2.24) is 4.98 Å². The summed E-state index contributed by atoms with van der Waals surface area (Å²) in [7, 11) is 0. The molecule has 3 aromatic rings. The van der Waals surface area contributed by atoms with E-state index >= 15 is 0 Å². The van der Waals surface area contributed by atoms with Crippen molar-refractivity contribution in [3.63, 3.8) is 0 Å². The van der Waals surface area contributed by atoms with Crippen LogP contribution in [0.3, 0.4) is 0 Å². The van der Waals surface area contributed by atoms with Crippen LogP contribution < -0.4 is 10.1 Å². The van der Waals surface area contributed by atoms with Crippen LogP contribution in [-0.2, 0) is 4.79 Å². The number of hydrogen-bond acceptors (Lipinski definition) is 4. The number of aromatic nitrogens is 1. The molecule has 0 unspecified atom stereocenters. The summed E-state index contributed by atoms with van der Waals surface area (Å²) in [6, 6.07) is 10.8. The number of aryl methyl sites for hydroxylation is 1. The van der Waals surface area contributed by atoms with Gasteiger partial charge in [0, 0.05) is 18.7 Å². The molecule has 0 radical (unpaired) electrons. The zero-order chi connectivity index (χ0) is 17.3. The quantitative estimate of drug-likeness (QED) is 0.784. The fourth-order valence-electron chi connectivity index (χ4n) is 2.24. The Morgan fingerprint density at radius 1 is 1.21 bits per heavy atom. The molecule has 1 amide bonds. The summed E-state index contributed by atoms with van der Waals surface area (Å²) in [5.74, 6) is 0.286. The van der Waals surface area contributed by atoms with Crippen LogP contribution in [-0.4, -0.2) is 16.5 Å². The number of amides is 1. The molecule has 6 heteroatoms. The third kappa shape index (κ3) is 3.37. The fraction of sp³-hybridized carbons (Fsp3) is 0.222. The van der Waals surface area contributed by atoms with Gasteiger partial charge < -0.3 is 14.5 Å². The molecule has 0 bridgehead atoms. The number of carbonyl (C=O) groups is 1. The molecule has 24 heavy (non-hydrogen) atoms. The highest BCUT2D eigenvalue weighted by molar-refractivity contribution is 5.98. The van der Waals surface area contributed by atoms with E-state index < -0.39 is 5.60 Å². The number of carbonyl (C=O) groups excluding carboxylic acids is 1. The van der Waals surface area contributed by atoms with Gasteiger partial charge in [-0.15, -0.1) is 0 Å². The van der Waals surface area contributed by atoms with Gasteiger partial charge in [-0.1, -0.05) is 0 Å². The van der Waals surface area contributed by atoms with Gasteiger partial charge in [-0.3, -0.25) is 4.79 Å². The molecule has 0 atom stereocenters. The standard InChI is InChI=1S/C18H17FN2O3/c1-11-20-15-9-6-13(10-16(15)23-11)21-17(22)18(2,3)24-14-7-4-12(19)5-8-14/h4-10H,1-3H3,(H,21,22). The van der Waals surface area contributed by atoms with Gasteiger partial charge in [0.15, 0.2) is 17.1 Å². The van der Waals surface area contributed by atoms with Gasteiger partial charge in [-0.2, -0.15) is 0 Å². The van der Waals surface area contributed by atoms with Gasteiger partial charge in [0.25, 0.3) is 5.91 Å². The Morgan fingerprint density at radius 2 is 1.92 bits per heavy atom. The average Bonchev–Trinajstić information content (AvgIpc) is 2.88. The van der Waals surface area contributed by atoms with Gasteiger partial charge in [-0.05, 0) is 50.2 Å². The molecule has 0 aliphatic rings. The zero-order valence-corrected chi connectivity index (χ0v) is 13.6. The summed E-state index contributed by atoms with van der Waals surface area (Å²) in [6.07, 6.45) is 0. The molecule has 3 rings (SSSR count). The molecule has 1 aromatic heterocycles. The lowest BCUT2D eigenvalue weighted by atomic mass is 10.1. The largest absolute Gasteiger partial charge is 0.478 e. The number of oxazole rings is 1. The van der Waals surface area contributed by atoms with E-state index in [9.17, 15) is 9.18 Å². The lowest BCUT2D eigenvalue weighted by Crippen LogP contribution is -2.42. The van der Waals surface area contributed by atoms with Crippen LogP contribution in [0.5, 0.6) is 5.75 Å². The molecule has 0 fully saturated rings. The van der Waals surface area contributed by atoms with Crippen LogP contribution in [0.2, 0.25) is 0 Å². The third-order valence-electron chi connectivity index (χ3n) is 3.49. The summed E-state index contributed by atoms with van der Waals surface area (Å²) >= 11 is 0. The van der Waals surface area contributed by atoms with Crippen LogP contribution in [0.15, 0.2) is 46.9 Å². The number of anilines is 1. The molecule has 5 nitrogen and oxygen atoms in total. The van der Waals surface area contributed by atoms with Crippen molar-refractivity contribution in [3.8, 4) is 5.75 Å². The van der Waals surface area contributed by atoms with Crippen molar-refractivity contribution in [2.75, 3.05) is 5.32 Å². The molecule has 2 aromatic carbocycles. The molecule has 0 spiro atoms. The highest BCUT2D eigenvalue weighted by Gasteiger charge is 2.30. The maximum Gasteiger partial charge on any atom is 0.267 e. The van der Waals surface area contributed by atoms with Gasteiger partial charge in [0.05, 0.1) is 0 Å². The van der Waals surface area contributed by atoms with Crippen LogP contribution in [0.1, 0.15) is 19.7 Å². The second-order valence-electron chi connectivity index (χ2n) is 5.94. The Bertz CT molecular complexity index is 885. The van der Waals surface area contributed by atoms with E-state index in [0.29, 0.717) is 22.9 Å². The second-order valence-corrected chi connectivity index (χ2v) is 5.94. The Balaban J connectivity index is 1.74. The number of nitrogens with one attached hydrogen (secondary N) is 1. The van der Waals surface area contributed by atoms with Crippen LogP contribution in [0.4, 0.5) is 10.1 Å². The monoisotopic (exact) mass is 328 g/mol. The molecule has 0 saturated heterocycles. The van der Waals surface area contributed by atoms with E-state index in [1.807, 2.05) is 0 Å². The number of fused-ring (bicyclic) bond motifs is 1. The van der Waals surface area contributed by atoms with Crippen molar-refractivity contribution >= 4 is 22.7 Å². The Hall–Kier alpha value is -2.89. The summed E-state index contributed by atoms with van der Waals surface area (Å²) in [6.45, 7) is 5.05. The second kappa shape index (κ2) is 5.96. The van der Waals surface area contributed by atoms with Crippen LogP contribution in [0.25, 0.3) is 11.1 Å². The zero-order valence-electron chi connectivity index (χ0n) is 13.6. The molecule has 0 aliphatic heterocycles. The summed E-state index contributed by atoms with van der Waals surface area (Å²) in [5.41, 5.74) is 0.777. The first-order chi connectivity index (χ1) is 11.3. The normalized spacial score (nSPS) is 11.5. The molecule has 1 N–H and O–H groups in total. The molecule has 124 valence electrons. The number of halogens is 1. The minimum Gasteiger partial charge on any atom is -0.478 e. The Morgan fingerprint density at radius 3 is 2.62 bits per heavy atom. The van der Waals surface area contributed by atoms with E-state index in [-0.39, 0.29) is 11.7 Å². The highest BCUT2D eigenvalue weighted by Crippen LogP contribution is 2.23. The van der Waals surface area contributed by atoms with E-state index in [2.05, 4.69) is 10.3 Å². The molecule has 0 saturated carbocycles. The van der Waals surface area contributed by atoms with E-state index in [0.717, 1.165) is 5.52 Å². The lowest BCUT2D eigenvalue weighted by molar-refractivity contribution is -0.128. The van der Waals surface area contributed by atoms with Crippen molar-refractivity contribution in [1.29, 1.82) is 0 Å². The highest BCUT2D eigenvalue weighted by atomic mass is 19.1. The van der Waals surface area contributed by atoms with Crippen molar-refractivity contribution in [3.05, 3.63) is 54.2 Å². The number of benzene rings is 2. The SMILES string of the molecule is Cc1nc2ccc(NC(=O)C(C)(C)Oc3ccc(F)cc3)cc2o1. The van der Waals surface area contributed by atoms with Crippen LogP contribution >= 0.6 is 0 Å². The minimum absolute atomic E-state index is 0.331. The first-order valence-corrected chi connectivity index (χ1v) is 7.47. The molecule has 1 heterocycles. The summed E-state index contributed by atoms with van der Waals surface area (Å²) < 4.78 is 24.1. The van der Waals surface area contributed by atoms with E-state index in [1.54, 1.807) is 39.0 Å². The van der Waals surface area contributed by atoms with Crippen molar-refractivity contribution in [2.45, 2.75) is 26.4 Å². The number of rotatable bonds is 4. The lowest BCUT2D eigenvalue weighted by Gasteiger charge is -2.25. The maximum atomic E-state index is 12.9. The Labute approximate surface area is 138 Å². The molecular formula is C18H17FN2O3. The van der Waals surface area contributed by atoms with Gasteiger partial charge in [-0.25, -0.2) is 9.37 Å². The minimum atomic E-state index is -1.13. The molecule has 0 aliphatic carbocycles. The predicted molar refractivity (Wildman–Crippen MR) is 88.5 cm³/mol. The maximum absolute atomic E-state index is 12.9. The topological polar surface area (TPSA) is 64.4 Å². The van der Waals surface area contributed by atoms with E-state index in [4.69, 9.17) is 9.15 Å². The number of hydrogen-bond donors (Lipinski definition) is 1. The third-order valence-corrected chi connectivity index (χ3v) is 3.49. The number of nitrogens with zero attached hydrogens (tertiary/aromatic N) is 1. The summed E-state index contributed by atoms with van der Waals surface area (Å²) in [5, 5.41) is 2.79.